The Morgan fingerprint density at radius 3 is 2.48 bits per heavy atom. The van der Waals surface area contributed by atoms with Gasteiger partial charge in [0.25, 0.3) is 0 Å². The normalized spacial score (nSPS) is 30.6. The van der Waals surface area contributed by atoms with Crippen molar-refractivity contribution in [2.45, 2.75) is 43.9 Å². The SMILES string of the molecule is CC1(F)CCC2(CC1)CN(CC(=O)c1ccc(Br)cc1)C(=O)O2. The molecule has 3 rings (SSSR count). The van der Waals surface area contributed by atoms with Gasteiger partial charge in [-0.1, -0.05) is 28.1 Å². The van der Waals surface area contributed by atoms with Crippen LogP contribution in [0.25, 0.3) is 0 Å². The molecule has 1 amide bonds. The van der Waals surface area contributed by atoms with E-state index in [9.17, 15) is 14.0 Å². The molecule has 1 aromatic rings. The molecule has 0 aromatic heterocycles. The van der Waals surface area contributed by atoms with Crippen LogP contribution in [0, 0.1) is 0 Å². The molecule has 1 heterocycles. The van der Waals surface area contributed by atoms with E-state index in [0.717, 1.165) is 4.47 Å². The van der Waals surface area contributed by atoms with Crippen molar-refractivity contribution in [1.29, 1.82) is 0 Å². The second-order valence-electron chi connectivity index (χ2n) is 6.75. The second-order valence-corrected chi connectivity index (χ2v) is 7.67. The smallest absolute Gasteiger partial charge is 0.410 e. The summed E-state index contributed by atoms with van der Waals surface area (Å²) in [6.45, 7) is 1.95. The minimum absolute atomic E-state index is 0.00485. The third kappa shape index (κ3) is 3.57. The van der Waals surface area contributed by atoms with Crippen LogP contribution >= 0.6 is 15.9 Å². The fourth-order valence-electron chi connectivity index (χ4n) is 3.20. The molecule has 1 aromatic carbocycles. The highest BCUT2D eigenvalue weighted by Crippen LogP contribution is 2.42. The average molecular weight is 384 g/mol. The van der Waals surface area contributed by atoms with Crippen LogP contribution in [0.15, 0.2) is 28.7 Å². The zero-order chi connectivity index (χ0) is 16.7. The maximum absolute atomic E-state index is 14.0. The first-order chi connectivity index (χ1) is 10.8. The second kappa shape index (κ2) is 5.89. The van der Waals surface area contributed by atoms with E-state index in [1.807, 2.05) is 0 Å². The topological polar surface area (TPSA) is 46.6 Å². The molecule has 1 saturated heterocycles. The first kappa shape index (κ1) is 16.4. The third-order valence-corrected chi connectivity index (χ3v) is 5.27. The molecule has 1 aliphatic carbocycles. The Bertz CT molecular complexity index is 619. The van der Waals surface area contributed by atoms with E-state index < -0.39 is 17.4 Å². The molecule has 124 valence electrons. The number of hydrogen-bond acceptors (Lipinski definition) is 3. The van der Waals surface area contributed by atoms with Gasteiger partial charge in [-0.15, -0.1) is 0 Å². The Morgan fingerprint density at radius 2 is 1.87 bits per heavy atom. The molecule has 4 nitrogen and oxygen atoms in total. The van der Waals surface area contributed by atoms with Crippen LogP contribution in [-0.4, -0.2) is 41.1 Å². The molecule has 2 aliphatic rings. The first-order valence-electron chi connectivity index (χ1n) is 7.74. The molecule has 0 radical (unpaired) electrons. The number of halogens is 2. The van der Waals surface area contributed by atoms with Crippen molar-refractivity contribution in [3.63, 3.8) is 0 Å². The van der Waals surface area contributed by atoms with E-state index in [0.29, 0.717) is 37.8 Å². The fraction of sp³-hybridized carbons (Fsp3) is 0.529. The quantitative estimate of drug-likeness (QED) is 0.737. The highest BCUT2D eigenvalue weighted by Gasteiger charge is 2.50. The lowest BCUT2D eigenvalue weighted by molar-refractivity contribution is -0.0196. The summed E-state index contributed by atoms with van der Waals surface area (Å²) in [7, 11) is 0. The molecule has 2 fully saturated rings. The van der Waals surface area contributed by atoms with Crippen molar-refractivity contribution in [2.24, 2.45) is 0 Å². The van der Waals surface area contributed by atoms with Crippen molar-refractivity contribution >= 4 is 27.8 Å². The number of ether oxygens (including phenoxy) is 1. The van der Waals surface area contributed by atoms with Gasteiger partial charge in [-0.25, -0.2) is 9.18 Å². The molecule has 0 atom stereocenters. The molecular weight excluding hydrogens is 365 g/mol. The molecule has 0 unspecified atom stereocenters. The molecule has 1 aliphatic heterocycles. The van der Waals surface area contributed by atoms with Gasteiger partial charge in [0, 0.05) is 10.0 Å². The fourth-order valence-corrected chi connectivity index (χ4v) is 3.47. The Balaban J connectivity index is 1.64. The number of nitrogens with zero attached hydrogens (tertiary/aromatic N) is 1. The van der Waals surface area contributed by atoms with Crippen molar-refractivity contribution in [3.05, 3.63) is 34.3 Å². The van der Waals surface area contributed by atoms with Gasteiger partial charge >= 0.3 is 6.09 Å². The Hall–Kier alpha value is -1.43. The summed E-state index contributed by atoms with van der Waals surface area (Å²) in [5.74, 6) is -0.127. The standard InChI is InChI=1S/C17H19BrFNO3/c1-16(19)6-8-17(9-7-16)11-20(15(22)23-17)10-14(21)12-2-4-13(18)5-3-12/h2-5H,6-11H2,1H3. The highest BCUT2D eigenvalue weighted by molar-refractivity contribution is 9.10. The highest BCUT2D eigenvalue weighted by atomic mass is 79.9. The maximum Gasteiger partial charge on any atom is 0.410 e. The third-order valence-electron chi connectivity index (χ3n) is 4.75. The van der Waals surface area contributed by atoms with Crippen LogP contribution in [0.5, 0.6) is 0 Å². The summed E-state index contributed by atoms with van der Waals surface area (Å²) in [6.07, 6.45) is 1.31. The lowest BCUT2D eigenvalue weighted by Crippen LogP contribution is -2.42. The van der Waals surface area contributed by atoms with E-state index in [-0.39, 0.29) is 12.3 Å². The predicted molar refractivity (Wildman–Crippen MR) is 87.2 cm³/mol. The molecule has 6 heteroatoms. The average Bonchev–Trinajstić information content (AvgIpc) is 2.80. The summed E-state index contributed by atoms with van der Waals surface area (Å²) in [5, 5.41) is 0. The summed E-state index contributed by atoms with van der Waals surface area (Å²) < 4.78 is 20.4. The number of hydrogen-bond donors (Lipinski definition) is 0. The summed E-state index contributed by atoms with van der Waals surface area (Å²) in [6, 6.07) is 7.03. The molecule has 0 N–H and O–H groups in total. The number of carbonyl (C=O) groups is 2. The Morgan fingerprint density at radius 1 is 1.26 bits per heavy atom. The van der Waals surface area contributed by atoms with Gasteiger partial charge in [0.05, 0.1) is 13.1 Å². The number of ketones is 1. The summed E-state index contributed by atoms with van der Waals surface area (Å²) >= 11 is 3.32. The minimum atomic E-state index is -1.18. The Labute approximate surface area is 143 Å². The van der Waals surface area contributed by atoms with Gasteiger partial charge in [-0.05, 0) is 44.7 Å². The van der Waals surface area contributed by atoms with Crippen LogP contribution < -0.4 is 0 Å². The zero-order valence-electron chi connectivity index (χ0n) is 13.0. The monoisotopic (exact) mass is 383 g/mol. The van der Waals surface area contributed by atoms with Crippen molar-refractivity contribution in [3.8, 4) is 0 Å². The number of rotatable bonds is 3. The largest absolute Gasteiger partial charge is 0.441 e. The van der Waals surface area contributed by atoms with Crippen molar-refractivity contribution < 1.29 is 18.7 Å². The lowest BCUT2D eigenvalue weighted by Gasteiger charge is -2.36. The predicted octanol–water partition coefficient (Wildman–Crippen LogP) is 4.13. The molecular formula is C17H19BrFNO3. The minimum Gasteiger partial charge on any atom is -0.441 e. The lowest BCUT2D eigenvalue weighted by atomic mass is 9.78. The van der Waals surface area contributed by atoms with E-state index in [1.54, 1.807) is 31.2 Å². The van der Waals surface area contributed by atoms with Crippen LogP contribution in [0.2, 0.25) is 0 Å². The van der Waals surface area contributed by atoms with E-state index >= 15 is 0 Å². The van der Waals surface area contributed by atoms with E-state index in [4.69, 9.17) is 4.74 Å². The number of benzene rings is 1. The van der Waals surface area contributed by atoms with Crippen LogP contribution in [0.3, 0.4) is 0 Å². The zero-order valence-corrected chi connectivity index (χ0v) is 14.6. The molecule has 0 bridgehead atoms. The van der Waals surface area contributed by atoms with Gasteiger partial charge in [0.2, 0.25) is 0 Å². The van der Waals surface area contributed by atoms with Crippen LogP contribution in [-0.2, 0) is 4.74 Å². The first-order valence-corrected chi connectivity index (χ1v) is 8.54. The van der Waals surface area contributed by atoms with E-state index in [2.05, 4.69) is 15.9 Å². The van der Waals surface area contributed by atoms with Crippen molar-refractivity contribution in [2.75, 3.05) is 13.1 Å². The van der Waals surface area contributed by atoms with Crippen molar-refractivity contribution in [1.82, 2.24) is 4.90 Å². The molecule has 1 spiro atoms. The number of Topliss-reactive ketones (excluding diaryl/α,β-unsaturated/α-hetero) is 1. The van der Waals surface area contributed by atoms with Gasteiger partial charge in [-0.2, -0.15) is 0 Å². The van der Waals surface area contributed by atoms with Crippen LogP contribution in [0.1, 0.15) is 43.0 Å². The van der Waals surface area contributed by atoms with Gasteiger partial charge in [-0.3, -0.25) is 9.69 Å². The summed E-state index contributed by atoms with van der Waals surface area (Å²) in [5.41, 5.74) is -1.25. The number of alkyl halides is 1. The maximum atomic E-state index is 14.0. The Kier molecular flexibility index (Phi) is 4.21. The molecule has 1 saturated carbocycles. The van der Waals surface area contributed by atoms with Crippen LogP contribution in [0.4, 0.5) is 9.18 Å². The number of amides is 1. The summed E-state index contributed by atoms with van der Waals surface area (Å²) in [4.78, 5) is 25.8. The van der Waals surface area contributed by atoms with E-state index in [1.165, 1.54) is 4.90 Å². The van der Waals surface area contributed by atoms with Gasteiger partial charge in [0.1, 0.15) is 11.3 Å². The van der Waals surface area contributed by atoms with Gasteiger partial charge in [0.15, 0.2) is 5.78 Å². The number of carbonyl (C=O) groups excluding carboxylic acids is 2. The molecule has 23 heavy (non-hydrogen) atoms. The van der Waals surface area contributed by atoms with Gasteiger partial charge < -0.3 is 4.74 Å².